The number of nitrogens with two attached hydrogens (primary N) is 1. The molecule has 0 unspecified atom stereocenters. The summed E-state index contributed by atoms with van der Waals surface area (Å²) in [5, 5.41) is 0. The number of sulfone groups is 1. The average molecular weight is 290 g/mol. The molecule has 2 rings (SSSR count). The smallest absolute Gasteiger partial charge is 0.180 e. The van der Waals surface area contributed by atoms with Crippen LogP contribution in [0.5, 0.6) is 0 Å². The lowest BCUT2D eigenvalue weighted by Crippen LogP contribution is -2.10. The quantitative estimate of drug-likeness (QED) is 0.868. The molecular formula is C10H12BrNO2S. The zero-order valence-corrected chi connectivity index (χ0v) is 10.5. The lowest BCUT2D eigenvalue weighted by Gasteiger charge is -2.06. The molecule has 0 amide bonds. The minimum Gasteiger partial charge on any atom is -0.398 e. The first-order valence-corrected chi connectivity index (χ1v) is 7.21. The molecule has 1 aliphatic carbocycles. The fraction of sp³-hybridized carbons (Fsp3) is 0.400. The van der Waals surface area contributed by atoms with Crippen LogP contribution in [0.4, 0.5) is 5.69 Å². The number of hydrogen-bond donors (Lipinski definition) is 1. The van der Waals surface area contributed by atoms with Crippen LogP contribution in [-0.4, -0.2) is 14.2 Å². The maximum Gasteiger partial charge on any atom is 0.180 e. The van der Waals surface area contributed by atoms with Gasteiger partial charge in [0.25, 0.3) is 0 Å². The first-order chi connectivity index (χ1) is 6.99. The predicted molar refractivity (Wildman–Crippen MR) is 63.3 cm³/mol. The maximum atomic E-state index is 11.9. The minimum absolute atomic E-state index is 0.235. The van der Waals surface area contributed by atoms with Gasteiger partial charge in [0.1, 0.15) is 0 Å². The van der Waals surface area contributed by atoms with E-state index in [1.807, 2.05) is 0 Å². The van der Waals surface area contributed by atoms with Gasteiger partial charge in [0, 0.05) is 4.47 Å². The van der Waals surface area contributed by atoms with Crippen LogP contribution >= 0.6 is 15.9 Å². The largest absolute Gasteiger partial charge is 0.398 e. The Kier molecular flexibility index (Phi) is 2.77. The van der Waals surface area contributed by atoms with E-state index < -0.39 is 9.84 Å². The Hall–Kier alpha value is -0.550. The molecule has 0 radical (unpaired) electrons. The fourth-order valence-electron chi connectivity index (χ4n) is 1.49. The third-order valence-corrected chi connectivity index (χ3v) is 4.90. The summed E-state index contributed by atoms with van der Waals surface area (Å²) in [7, 11) is -3.19. The van der Waals surface area contributed by atoms with Crippen LogP contribution in [0.15, 0.2) is 27.6 Å². The molecule has 0 spiro atoms. The lowest BCUT2D eigenvalue weighted by atomic mass is 10.3. The Morgan fingerprint density at radius 1 is 1.40 bits per heavy atom. The first-order valence-electron chi connectivity index (χ1n) is 4.77. The number of rotatable bonds is 3. The third kappa shape index (κ3) is 2.52. The molecule has 0 atom stereocenters. The molecule has 1 aliphatic rings. The summed E-state index contributed by atoms with van der Waals surface area (Å²) in [5.74, 6) is 0.580. The zero-order chi connectivity index (χ0) is 11.1. The Balaban J connectivity index is 2.34. The maximum absolute atomic E-state index is 11.9. The van der Waals surface area contributed by atoms with Crippen molar-refractivity contribution in [3.8, 4) is 0 Å². The Morgan fingerprint density at radius 3 is 2.60 bits per heavy atom. The van der Waals surface area contributed by atoms with Gasteiger partial charge in [-0.3, -0.25) is 0 Å². The number of nitrogen functional groups attached to an aromatic ring is 1. The van der Waals surface area contributed by atoms with Crippen LogP contribution in [0.2, 0.25) is 0 Å². The van der Waals surface area contributed by atoms with Crippen LogP contribution in [0, 0.1) is 5.92 Å². The van der Waals surface area contributed by atoms with Crippen molar-refractivity contribution in [2.75, 3.05) is 11.5 Å². The van der Waals surface area contributed by atoms with Gasteiger partial charge in [-0.1, -0.05) is 15.9 Å². The highest BCUT2D eigenvalue weighted by Gasteiger charge is 2.29. The van der Waals surface area contributed by atoms with Crippen LogP contribution < -0.4 is 5.73 Å². The van der Waals surface area contributed by atoms with E-state index >= 15 is 0 Å². The highest BCUT2D eigenvalue weighted by molar-refractivity contribution is 9.10. The second-order valence-electron chi connectivity index (χ2n) is 3.91. The SMILES string of the molecule is Nc1cc(Br)ccc1S(=O)(=O)CC1CC1. The van der Waals surface area contributed by atoms with Crippen molar-refractivity contribution in [2.24, 2.45) is 5.92 Å². The normalized spacial score (nSPS) is 16.6. The van der Waals surface area contributed by atoms with Gasteiger partial charge in [-0.25, -0.2) is 8.42 Å². The topological polar surface area (TPSA) is 60.2 Å². The van der Waals surface area contributed by atoms with E-state index in [1.54, 1.807) is 18.2 Å². The van der Waals surface area contributed by atoms with E-state index in [0.29, 0.717) is 11.6 Å². The third-order valence-electron chi connectivity index (χ3n) is 2.46. The molecule has 1 aromatic rings. The predicted octanol–water partition coefficient (Wildman–Crippen LogP) is 2.21. The summed E-state index contributed by atoms with van der Waals surface area (Å²) >= 11 is 3.25. The van der Waals surface area contributed by atoms with Crippen molar-refractivity contribution in [2.45, 2.75) is 17.7 Å². The molecule has 1 fully saturated rings. The van der Waals surface area contributed by atoms with Crippen molar-refractivity contribution < 1.29 is 8.42 Å². The van der Waals surface area contributed by atoms with E-state index in [2.05, 4.69) is 15.9 Å². The Bertz CT molecular complexity index is 480. The number of anilines is 1. The molecule has 5 heteroatoms. The standard InChI is InChI=1S/C10H12BrNO2S/c11-8-3-4-10(9(12)5-8)15(13,14)6-7-1-2-7/h3-5,7H,1-2,6,12H2. The molecule has 0 bridgehead atoms. The minimum atomic E-state index is -3.19. The summed E-state index contributed by atoms with van der Waals surface area (Å²) in [6, 6.07) is 4.90. The number of hydrogen-bond acceptors (Lipinski definition) is 3. The van der Waals surface area contributed by atoms with Gasteiger partial charge < -0.3 is 5.73 Å². The van der Waals surface area contributed by atoms with Crippen molar-refractivity contribution in [1.29, 1.82) is 0 Å². The molecule has 82 valence electrons. The molecule has 0 aromatic heterocycles. The average Bonchev–Trinajstić information content (AvgIpc) is 2.86. The van der Waals surface area contributed by atoms with Crippen molar-refractivity contribution in [3.05, 3.63) is 22.7 Å². The van der Waals surface area contributed by atoms with Gasteiger partial charge in [0.05, 0.1) is 16.3 Å². The van der Waals surface area contributed by atoms with Gasteiger partial charge in [-0.05, 0) is 37.0 Å². The summed E-state index contributed by atoms with van der Waals surface area (Å²) in [4.78, 5) is 0.262. The molecule has 3 nitrogen and oxygen atoms in total. The molecule has 1 saturated carbocycles. The van der Waals surface area contributed by atoms with Crippen molar-refractivity contribution in [1.82, 2.24) is 0 Å². The zero-order valence-electron chi connectivity index (χ0n) is 8.11. The van der Waals surface area contributed by atoms with E-state index in [-0.39, 0.29) is 10.6 Å². The molecule has 0 heterocycles. The van der Waals surface area contributed by atoms with Gasteiger partial charge in [-0.15, -0.1) is 0 Å². The molecule has 0 saturated heterocycles. The van der Waals surface area contributed by atoms with Crippen LogP contribution in [0.1, 0.15) is 12.8 Å². The lowest BCUT2D eigenvalue weighted by molar-refractivity contribution is 0.592. The van der Waals surface area contributed by atoms with Crippen LogP contribution in [0.3, 0.4) is 0 Å². The molecular weight excluding hydrogens is 278 g/mol. The molecule has 0 aliphatic heterocycles. The van der Waals surface area contributed by atoms with Crippen molar-refractivity contribution in [3.63, 3.8) is 0 Å². The monoisotopic (exact) mass is 289 g/mol. The van der Waals surface area contributed by atoms with Crippen molar-refractivity contribution >= 4 is 31.5 Å². The summed E-state index contributed by atoms with van der Waals surface area (Å²) in [5.41, 5.74) is 6.02. The van der Waals surface area contributed by atoms with Gasteiger partial charge >= 0.3 is 0 Å². The summed E-state index contributed by atoms with van der Waals surface area (Å²) in [6.07, 6.45) is 2.05. The van der Waals surface area contributed by atoms with E-state index in [9.17, 15) is 8.42 Å². The van der Waals surface area contributed by atoms with Gasteiger partial charge in [0.2, 0.25) is 0 Å². The molecule has 1 aromatic carbocycles. The first kappa shape index (κ1) is 11.0. The highest BCUT2D eigenvalue weighted by Crippen LogP contribution is 2.33. The second kappa shape index (κ2) is 3.79. The van der Waals surface area contributed by atoms with Crippen LogP contribution in [-0.2, 0) is 9.84 Å². The van der Waals surface area contributed by atoms with Crippen LogP contribution in [0.25, 0.3) is 0 Å². The molecule has 2 N–H and O–H groups in total. The van der Waals surface area contributed by atoms with Gasteiger partial charge in [0.15, 0.2) is 9.84 Å². The summed E-state index contributed by atoms with van der Waals surface area (Å²) < 4.78 is 24.6. The van der Waals surface area contributed by atoms with E-state index in [1.165, 1.54) is 0 Å². The summed E-state index contributed by atoms with van der Waals surface area (Å²) in [6.45, 7) is 0. The second-order valence-corrected chi connectivity index (χ2v) is 6.83. The molecule has 15 heavy (non-hydrogen) atoms. The Labute approximate surface area is 97.7 Å². The number of benzene rings is 1. The highest BCUT2D eigenvalue weighted by atomic mass is 79.9. The van der Waals surface area contributed by atoms with E-state index in [0.717, 1.165) is 17.3 Å². The Morgan fingerprint density at radius 2 is 2.07 bits per heavy atom. The van der Waals surface area contributed by atoms with Gasteiger partial charge in [-0.2, -0.15) is 0 Å². The number of halogens is 1. The van der Waals surface area contributed by atoms with E-state index in [4.69, 9.17) is 5.73 Å². The fourth-order valence-corrected chi connectivity index (χ4v) is 3.69.